The second kappa shape index (κ2) is 7.59. The normalized spacial score (nSPS) is 12.0. The lowest BCUT2D eigenvalue weighted by Gasteiger charge is -2.16. The summed E-state index contributed by atoms with van der Waals surface area (Å²) >= 11 is 0. The Kier molecular flexibility index (Phi) is 5.23. The predicted octanol–water partition coefficient (Wildman–Crippen LogP) is 3.51. The molecule has 4 N–H and O–H groups in total. The number of carbonyl (C=O) groups is 1. The number of amides is 1. The highest BCUT2D eigenvalue weighted by Crippen LogP contribution is 2.29. The molecule has 1 aromatic heterocycles. The number of primary amides is 1. The van der Waals surface area contributed by atoms with Crippen LogP contribution in [0, 0.1) is 17.5 Å². The van der Waals surface area contributed by atoms with Crippen molar-refractivity contribution in [3.8, 4) is 11.1 Å². The smallest absolute Gasteiger partial charge is 0.251 e. The number of hydrogen-bond donors (Lipinski definition) is 2. The van der Waals surface area contributed by atoms with Crippen molar-refractivity contribution < 1.29 is 18.0 Å². The Morgan fingerprint density at radius 2 is 1.74 bits per heavy atom. The molecule has 0 saturated heterocycles. The van der Waals surface area contributed by atoms with Crippen LogP contribution in [0.1, 0.15) is 27.7 Å². The number of halogens is 3. The van der Waals surface area contributed by atoms with Gasteiger partial charge in [-0.1, -0.05) is 12.1 Å². The van der Waals surface area contributed by atoms with Crippen molar-refractivity contribution in [1.82, 2.24) is 4.98 Å². The van der Waals surface area contributed by atoms with Crippen LogP contribution in [0.4, 0.5) is 13.2 Å². The van der Waals surface area contributed by atoms with Crippen LogP contribution in [0.2, 0.25) is 0 Å². The van der Waals surface area contributed by atoms with Crippen LogP contribution in [0.15, 0.2) is 54.7 Å². The number of aromatic nitrogens is 1. The largest absolute Gasteiger partial charge is 0.366 e. The lowest BCUT2D eigenvalue weighted by Crippen LogP contribution is -2.17. The minimum absolute atomic E-state index is 0.141. The molecule has 0 unspecified atom stereocenters. The maximum atomic E-state index is 13.7. The monoisotopic (exact) mass is 371 g/mol. The van der Waals surface area contributed by atoms with E-state index >= 15 is 0 Å². The van der Waals surface area contributed by atoms with Gasteiger partial charge >= 0.3 is 0 Å². The summed E-state index contributed by atoms with van der Waals surface area (Å²) < 4.78 is 40.6. The first-order valence-electron chi connectivity index (χ1n) is 8.10. The average molecular weight is 371 g/mol. The van der Waals surface area contributed by atoms with E-state index in [0.29, 0.717) is 22.4 Å². The van der Waals surface area contributed by atoms with Gasteiger partial charge in [-0.15, -0.1) is 0 Å². The molecule has 0 bridgehead atoms. The van der Waals surface area contributed by atoms with Crippen LogP contribution >= 0.6 is 0 Å². The lowest BCUT2D eigenvalue weighted by molar-refractivity contribution is 0.0996. The molecule has 2 aromatic carbocycles. The second-order valence-corrected chi connectivity index (χ2v) is 6.08. The first-order chi connectivity index (χ1) is 12.8. The molecular weight excluding hydrogens is 355 g/mol. The minimum Gasteiger partial charge on any atom is -0.366 e. The molecule has 3 rings (SSSR count). The molecule has 0 fully saturated rings. The number of nitrogens with two attached hydrogens (primary N) is 2. The van der Waals surface area contributed by atoms with Gasteiger partial charge in [0.05, 0.1) is 17.3 Å². The minimum atomic E-state index is -0.890. The number of pyridine rings is 1. The quantitative estimate of drug-likeness (QED) is 0.720. The first kappa shape index (κ1) is 18.6. The van der Waals surface area contributed by atoms with E-state index in [-0.39, 0.29) is 12.0 Å². The third kappa shape index (κ3) is 4.15. The number of carbonyl (C=O) groups excluding carboxylic acids is 1. The Morgan fingerprint density at radius 1 is 1.04 bits per heavy atom. The molecule has 0 radical (unpaired) electrons. The maximum absolute atomic E-state index is 13.7. The summed E-state index contributed by atoms with van der Waals surface area (Å²) in [6.07, 6.45) is 1.67. The number of nitrogens with zero attached hydrogens (tertiary/aromatic N) is 1. The maximum Gasteiger partial charge on any atom is 0.251 e. The highest BCUT2D eigenvalue weighted by Gasteiger charge is 2.17. The van der Waals surface area contributed by atoms with Crippen molar-refractivity contribution in [2.75, 3.05) is 0 Å². The highest BCUT2D eigenvalue weighted by molar-refractivity contribution is 5.94. The molecule has 1 amide bonds. The Hall–Kier alpha value is -3.19. The summed E-state index contributed by atoms with van der Waals surface area (Å²) in [7, 11) is 0. The van der Waals surface area contributed by atoms with Gasteiger partial charge in [-0.25, -0.2) is 13.2 Å². The molecule has 3 aromatic rings. The molecule has 138 valence electrons. The van der Waals surface area contributed by atoms with E-state index in [9.17, 15) is 18.0 Å². The first-order valence-corrected chi connectivity index (χ1v) is 8.10. The Bertz CT molecular complexity index is 987. The van der Waals surface area contributed by atoms with Crippen LogP contribution in [-0.2, 0) is 6.42 Å². The van der Waals surface area contributed by atoms with Gasteiger partial charge in [0.1, 0.15) is 17.5 Å². The Labute approximate surface area is 153 Å². The van der Waals surface area contributed by atoms with E-state index in [0.717, 1.165) is 12.1 Å². The van der Waals surface area contributed by atoms with Crippen LogP contribution in [0.5, 0.6) is 0 Å². The lowest BCUT2D eigenvalue weighted by atomic mass is 9.95. The summed E-state index contributed by atoms with van der Waals surface area (Å²) in [4.78, 5) is 15.7. The van der Waals surface area contributed by atoms with E-state index in [2.05, 4.69) is 4.98 Å². The summed E-state index contributed by atoms with van der Waals surface area (Å²) in [5.74, 6) is -3.00. The average Bonchev–Trinajstić information content (AvgIpc) is 2.61. The van der Waals surface area contributed by atoms with Gasteiger partial charge in [0, 0.05) is 17.8 Å². The van der Waals surface area contributed by atoms with E-state index in [1.165, 1.54) is 30.5 Å². The van der Waals surface area contributed by atoms with Gasteiger partial charge in [-0.2, -0.15) is 0 Å². The molecule has 0 aliphatic carbocycles. The number of rotatable bonds is 5. The Morgan fingerprint density at radius 3 is 2.41 bits per heavy atom. The van der Waals surface area contributed by atoms with Crippen molar-refractivity contribution in [3.63, 3.8) is 0 Å². The molecule has 0 aliphatic heterocycles. The molecule has 1 atom stereocenters. The highest BCUT2D eigenvalue weighted by atomic mass is 19.1. The summed E-state index contributed by atoms with van der Waals surface area (Å²) in [6, 6.07) is 9.84. The van der Waals surface area contributed by atoms with Gasteiger partial charge < -0.3 is 11.5 Å². The van der Waals surface area contributed by atoms with E-state index in [4.69, 9.17) is 11.5 Å². The zero-order valence-corrected chi connectivity index (χ0v) is 14.1. The van der Waals surface area contributed by atoms with Gasteiger partial charge in [0.25, 0.3) is 5.91 Å². The third-order valence-electron chi connectivity index (χ3n) is 4.11. The SMILES string of the molecule is NC(=O)c1cc(-c2cccnc2[C@@H](N)Cc2cc(F)cc(F)c2)ccc1F. The van der Waals surface area contributed by atoms with Crippen molar-refractivity contribution >= 4 is 5.91 Å². The topological polar surface area (TPSA) is 82.0 Å². The molecule has 0 spiro atoms. The van der Waals surface area contributed by atoms with Crippen LogP contribution in [0.3, 0.4) is 0 Å². The fourth-order valence-corrected chi connectivity index (χ4v) is 2.92. The number of hydrogen-bond acceptors (Lipinski definition) is 3. The second-order valence-electron chi connectivity index (χ2n) is 6.08. The molecule has 0 saturated carbocycles. The van der Waals surface area contributed by atoms with Crippen molar-refractivity contribution in [2.45, 2.75) is 12.5 Å². The number of benzene rings is 2. The van der Waals surface area contributed by atoms with Gasteiger partial charge in [-0.3, -0.25) is 9.78 Å². The van der Waals surface area contributed by atoms with E-state index in [1.54, 1.807) is 12.1 Å². The fourth-order valence-electron chi connectivity index (χ4n) is 2.92. The predicted molar refractivity (Wildman–Crippen MR) is 95.1 cm³/mol. The molecule has 0 aliphatic rings. The van der Waals surface area contributed by atoms with Crippen molar-refractivity contribution in [1.29, 1.82) is 0 Å². The molecule has 4 nitrogen and oxygen atoms in total. The Balaban J connectivity index is 1.99. The van der Waals surface area contributed by atoms with E-state index in [1.807, 2.05) is 0 Å². The van der Waals surface area contributed by atoms with Gasteiger partial charge in [0.2, 0.25) is 0 Å². The van der Waals surface area contributed by atoms with Crippen LogP contribution in [-0.4, -0.2) is 10.9 Å². The van der Waals surface area contributed by atoms with Crippen molar-refractivity contribution in [2.24, 2.45) is 11.5 Å². The molecule has 27 heavy (non-hydrogen) atoms. The summed E-state index contributed by atoms with van der Waals surface area (Å²) in [5.41, 5.74) is 13.1. The fraction of sp³-hybridized carbons (Fsp3) is 0.100. The molecule has 7 heteroatoms. The summed E-state index contributed by atoms with van der Waals surface area (Å²) in [5, 5.41) is 0. The standard InChI is InChI=1S/C20H16F3N3O/c21-13-6-11(7-14(22)10-13)8-18(24)19-15(2-1-5-26-19)12-3-4-17(23)16(9-12)20(25)27/h1-7,9-10,18H,8,24H2,(H2,25,27)/t18-/m0/s1. The van der Waals surface area contributed by atoms with Crippen LogP contribution in [0.25, 0.3) is 11.1 Å². The van der Waals surface area contributed by atoms with Crippen LogP contribution < -0.4 is 11.5 Å². The zero-order valence-electron chi connectivity index (χ0n) is 14.1. The summed E-state index contributed by atoms with van der Waals surface area (Å²) in [6.45, 7) is 0. The molecule has 1 heterocycles. The van der Waals surface area contributed by atoms with Gasteiger partial charge in [-0.05, 0) is 47.9 Å². The van der Waals surface area contributed by atoms with E-state index < -0.39 is 29.4 Å². The third-order valence-corrected chi connectivity index (χ3v) is 4.11. The van der Waals surface area contributed by atoms with Gasteiger partial charge in [0.15, 0.2) is 0 Å². The van der Waals surface area contributed by atoms with Crippen molar-refractivity contribution in [3.05, 3.63) is 89.0 Å². The molecular formula is C20H16F3N3O. The zero-order chi connectivity index (χ0) is 19.6.